The van der Waals surface area contributed by atoms with E-state index >= 15 is 0 Å². The third-order valence-electron chi connectivity index (χ3n) is 2.47. The summed E-state index contributed by atoms with van der Waals surface area (Å²) < 4.78 is 0. The zero-order chi connectivity index (χ0) is 11.7. The van der Waals surface area contributed by atoms with Crippen molar-refractivity contribution in [1.29, 1.82) is 0 Å². The molecule has 1 aliphatic rings. The fraction of sp³-hybridized carbons (Fsp3) is 0.273. The number of Topliss-reactive ketones (excluding diaryl/α,β-unsaturated/α-hetero) is 1. The van der Waals surface area contributed by atoms with Gasteiger partial charge in [0.2, 0.25) is 5.78 Å². The van der Waals surface area contributed by atoms with E-state index in [-0.39, 0.29) is 5.78 Å². The number of hydrogen-bond acceptors (Lipinski definition) is 2. The molecule has 16 heavy (non-hydrogen) atoms. The number of rotatable bonds is 1. The molecule has 2 rings (SSSR count). The predicted molar refractivity (Wildman–Crippen MR) is 63.1 cm³/mol. The molecule has 3 nitrogen and oxygen atoms in total. The first kappa shape index (κ1) is 11.4. The molecule has 1 heterocycles. The molecule has 1 aromatic rings. The van der Waals surface area contributed by atoms with Gasteiger partial charge in [-0.15, -0.1) is 0 Å². The zero-order valence-electron chi connectivity index (χ0n) is 8.37. The second-order valence-corrected chi connectivity index (χ2v) is 4.42. The van der Waals surface area contributed by atoms with Crippen LogP contribution < -0.4 is 4.90 Å². The Morgan fingerprint density at radius 1 is 1.19 bits per heavy atom. The summed E-state index contributed by atoms with van der Waals surface area (Å²) in [5.41, 5.74) is 0.507. The molecule has 0 saturated carbocycles. The molecule has 0 radical (unpaired) electrons. The number of ketones is 1. The van der Waals surface area contributed by atoms with E-state index in [1.807, 2.05) is 0 Å². The molecule has 0 N–H and O–H groups in total. The van der Waals surface area contributed by atoms with E-state index in [0.29, 0.717) is 35.1 Å². The molecule has 5 heteroatoms. The number of anilines is 1. The van der Waals surface area contributed by atoms with Crippen LogP contribution in [0.25, 0.3) is 0 Å². The van der Waals surface area contributed by atoms with Crippen LogP contribution in [0.2, 0.25) is 10.0 Å². The summed E-state index contributed by atoms with van der Waals surface area (Å²) in [6.45, 7) is 0.505. The first-order chi connectivity index (χ1) is 7.59. The fourth-order valence-electron chi connectivity index (χ4n) is 1.68. The third-order valence-corrected chi connectivity index (χ3v) is 3.02. The van der Waals surface area contributed by atoms with Crippen LogP contribution in [0.4, 0.5) is 5.69 Å². The molecule has 0 spiro atoms. The van der Waals surface area contributed by atoms with E-state index in [1.54, 1.807) is 18.2 Å². The average molecular weight is 258 g/mol. The zero-order valence-corrected chi connectivity index (χ0v) is 9.88. The Morgan fingerprint density at radius 2 is 1.94 bits per heavy atom. The lowest BCUT2D eigenvalue weighted by atomic mass is 10.1. The predicted octanol–water partition coefficient (Wildman–Crippen LogP) is 2.69. The van der Waals surface area contributed by atoms with Gasteiger partial charge in [0.25, 0.3) is 5.91 Å². The van der Waals surface area contributed by atoms with Gasteiger partial charge in [-0.3, -0.25) is 9.59 Å². The van der Waals surface area contributed by atoms with Gasteiger partial charge in [-0.1, -0.05) is 23.2 Å². The van der Waals surface area contributed by atoms with E-state index in [4.69, 9.17) is 23.2 Å². The first-order valence-electron chi connectivity index (χ1n) is 4.89. The Morgan fingerprint density at radius 3 is 2.69 bits per heavy atom. The highest BCUT2D eigenvalue weighted by molar-refractivity contribution is 6.43. The van der Waals surface area contributed by atoms with Gasteiger partial charge in [-0.05, 0) is 24.6 Å². The Labute approximate surface area is 103 Å². The molecule has 0 unspecified atom stereocenters. The fourth-order valence-corrected chi connectivity index (χ4v) is 2.07. The molecule has 1 aromatic carbocycles. The van der Waals surface area contributed by atoms with Crippen molar-refractivity contribution < 1.29 is 9.59 Å². The first-order valence-corrected chi connectivity index (χ1v) is 5.65. The van der Waals surface area contributed by atoms with Gasteiger partial charge >= 0.3 is 0 Å². The second-order valence-electron chi connectivity index (χ2n) is 3.58. The summed E-state index contributed by atoms with van der Waals surface area (Å²) >= 11 is 11.8. The number of piperidine rings is 1. The van der Waals surface area contributed by atoms with Crippen molar-refractivity contribution in [3.8, 4) is 0 Å². The maximum atomic E-state index is 11.7. The van der Waals surface area contributed by atoms with Crippen molar-refractivity contribution in [2.45, 2.75) is 12.8 Å². The topological polar surface area (TPSA) is 37.4 Å². The van der Waals surface area contributed by atoms with Crippen LogP contribution in [0.5, 0.6) is 0 Å². The number of benzene rings is 1. The van der Waals surface area contributed by atoms with Crippen molar-refractivity contribution in [2.75, 3.05) is 11.4 Å². The molecule has 0 aromatic heterocycles. The monoisotopic (exact) mass is 257 g/mol. The average Bonchev–Trinajstić information content (AvgIpc) is 2.26. The molecule has 0 bridgehead atoms. The van der Waals surface area contributed by atoms with E-state index in [0.717, 1.165) is 0 Å². The van der Waals surface area contributed by atoms with Gasteiger partial charge in [0.1, 0.15) is 0 Å². The van der Waals surface area contributed by atoms with Crippen LogP contribution in [0, 0.1) is 0 Å². The van der Waals surface area contributed by atoms with Gasteiger partial charge in [0, 0.05) is 18.0 Å². The Kier molecular flexibility index (Phi) is 3.17. The van der Waals surface area contributed by atoms with E-state index in [1.165, 1.54) is 4.90 Å². The SMILES string of the molecule is O=C1CCCN(c2cc(Cl)ccc2Cl)C1=O. The van der Waals surface area contributed by atoms with E-state index < -0.39 is 5.91 Å². The van der Waals surface area contributed by atoms with Crippen LogP contribution in [0.15, 0.2) is 18.2 Å². The highest BCUT2D eigenvalue weighted by atomic mass is 35.5. The van der Waals surface area contributed by atoms with E-state index in [9.17, 15) is 9.59 Å². The van der Waals surface area contributed by atoms with Crippen LogP contribution >= 0.6 is 23.2 Å². The molecule has 0 atom stereocenters. The van der Waals surface area contributed by atoms with Crippen LogP contribution in [-0.2, 0) is 9.59 Å². The van der Waals surface area contributed by atoms with Crippen molar-refractivity contribution in [1.82, 2.24) is 0 Å². The summed E-state index contributed by atoms with van der Waals surface area (Å²) in [6.07, 6.45) is 0.973. The number of nitrogens with zero attached hydrogens (tertiary/aromatic N) is 1. The number of carbonyl (C=O) groups excluding carboxylic acids is 2. The summed E-state index contributed by atoms with van der Waals surface area (Å²) in [5.74, 6) is -0.877. The number of halogens is 2. The standard InChI is InChI=1S/C11H9Cl2NO2/c12-7-3-4-8(13)9(6-7)14-5-1-2-10(15)11(14)16/h3-4,6H,1-2,5H2. The summed E-state index contributed by atoms with van der Waals surface area (Å²) in [6, 6.07) is 4.86. The molecule has 84 valence electrons. The summed E-state index contributed by atoms with van der Waals surface area (Å²) in [4.78, 5) is 24.4. The third kappa shape index (κ3) is 2.06. The Hall–Kier alpha value is -1.06. The quantitative estimate of drug-likeness (QED) is 0.726. The lowest BCUT2D eigenvalue weighted by molar-refractivity contribution is -0.137. The van der Waals surface area contributed by atoms with Crippen LogP contribution in [0.1, 0.15) is 12.8 Å². The maximum Gasteiger partial charge on any atom is 0.294 e. The van der Waals surface area contributed by atoms with Gasteiger partial charge in [0.05, 0.1) is 10.7 Å². The molecular weight excluding hydrogens is 249 g/mol. The van der Waals surface area contributed by atoms with Crippen molar-refractivity contribution in [3.63, 3.8) is 0 Å². The number of amides is 1. The Bertz CT molecular complexity index is 459. The largest absolute Gasteiger partial charge is 0.304 e. The highest BCUT2D eigenvalue weighted by Crippen LogP contribution is 2.30. The molecule has 1 amide bonds. The number of hydrogen-bond donors (Lipinski definition) is 0. The minimum Gasteiger partial charge on any atom is -0.304 e. The van der Waals surface area contributed by atoms with Gasteiger partial charge in [0.15, 0.2) is 0 Å². The van der Waals surface area contributed by atoms with Crippen LogP contribution in [-0.4, -0.2) is 18.2 Å². The highest BCUT2D eigenvalue weighted by Gasteiger charge is 2.28. The van der Waals surface area contributed by atoms with Gasteiger partial charge in [-0.25, -0.2) is 0 Å². The van der Waals surface area contributed by atoms with Crippen LogP contribution in [0.3, 0.4) is 0 Å². The molecule has 1 saturated heterocycles. The minimum atomic E-state index is -0.504. The smallest absolute Gasteiger partial charge is 0.294 e. The lowest BCUT2D eigenvalue weighted by Gasteiger charge is -2.26. The van der Waals surface area contributed by atoms with Gasteiger partial charge in [-0.2, -0.15) is 0 Å². The number of carbonyl (C=O) groups is 2. The van der Waals surface area contributed by atoms with Crippen molar-refractivity contribution in [3.05, 3.63) is 28.2 Å². The summed E-state index contributed by atoms with van der Waals surface area (Å²) in [5, 5.41) is 0.915. The van der Waals surface area contributed by atoms with Crippen molar-refractivity contribution >= 4 is 40.6 Å². The normalized spacial score (nSPS) is 16.8. The molecule has 1 aliphatic heterocycles. The maximum absolute atomic E-state index is 11.7. The molecular formula is C11H9Cl2NO2. The van der Waals surface area contributed by atoms with Crippen molar-refractivity contribution in [2.24, 2.45) is 0 Å². The lowest BCUT2D eigenvalue weighted by Crippen LogP contribution is -2.41. The minimum absolute atomic E-state index is 0.313. The Balaban J connectivity index is 2.39. The summed E-state index contributed by atoms with van der Waals surface area (Å²) in [7, 11) is 0. The molecule has 1 fully saturated rings. The second kappa shape index (κ2) is 4.44. The van der Waals surface area contributed by atoms with Gasteiger partial charge < -0.3 is 4.90 Å². The molecule has 0 aliphatic carbocycles. The van der Waals surface area contributed by atoms with E-state index in [2.05, 4.69) is 0 Å².